The number of aryl methyl sites for hydroxylation is 2. The fraction of sp³-hybridized carbons (Fsp3) is 0.333. The Bertz CT molecular complexity index is 605. The summed E-state index contributed by atoms with van der Waals surface area (Å²) in [5, 5.41) is 4.09. The van der Waals surface area contributed by atoms with Crippen LogP contribution >= 0.6 is 0 Å². The van der Waals surface area contributed by atoms with Gasteiger partial charge >= 0.3 is 0 Å². The fourth-order valence-corrected chi connectivity index (χ4v) is 2.01. The van der Waals surface area contributed by atoms with Crippen LogP contribution < -0.4 is 9.47 Å². The van der Waals surface area contributed by atoms with E-state index in [1.54, 1.807) is 43.3 Å². The average Bonchev–Trinajstić information content (AvgIpc) is 2.89. The van der Waals surface area contributed by atoms with Crippen LogP contribution in [0.15, 0.2) is 30.6 Å². The Morgan fingerprint density at radius 2 is 2.00 bits per heavy atom. The van der Waals surface area contributed by atoms with Crippen molar-refractivity contribution in [3.05, 3.63) is 41.7 Å². The number of ketones is 1. The van der Waals surface area contributed by atoms with Gasteiger partial charge in [0, 0.05) is 25.2 Å². The normalized spacial score (nSPS) is 10.3. The smallest absolute Gasteiger partial charge is 0.163 e. The Balaban J connectivity index is 2.05. The van der Waals surface area contributed by atoms with Crippen LogP contribution in [0.25, 0.3) is 0 Å². The topological polar surface area (TPSA) is 53.3 Å². The molecule has 0 bridgehead atoms. The quantitative estimate of drug-likeness (QED) is 0.758. The number of hydrogen-bond acceptors (Lipinski definition) is 4. The first-order valence-electron chi connectivity index (χ1n) is 6.36. The summed E-state index contributed by atoms with van der Waals surface area (Å²) >= 11 is 0. The number of carbonyl (C=O) groups excluding carboxylic acids is 1. The number of carbonyl (C=O) groups is 1. The highest BCUT2D eigenvalue weighted by molar-refractivity contribution is 5.96. The number of benzene rings is 1. The third kappa shape index (κ3) is 3.17. The molecule has 0 fully saturated rings. The largest absolute Gasteiger partial charge is 0.493 e. The lowest BCUT2D eigenvalue weighted by Gasteiger charge is -2.08. The lowest BCUT2D eigenvalue weighted by atomic mass is 10.0. The summed E-state index contributed by atoms with van der Waals surface area (Å²) in [6, 6.07) is 5.22. The summed E-state index contributed by atoms with van der Waals surface area (Å²) in [5.41, 5.74) is 1.69. The molecular weight excluding hydrogens is 256 g/mol. The third-order valence-electron chi connectivity index (χ3n) is 3.10. The standard InChI is InChI=1S/C15H18N2O3/c1-17-10-11(9-16-17)4-6-13(18)12-5-7-14(19-2)15(8-12)20-3/h5,7-10H,4,6H2,1-3H3. The van der Waals surface area contributed by atoms with Crippen LogP contribution in [-0.2, 0) is 13.5 Å². The van der Waals surface area contributed by atoms with E-state index < -0.39 is 0 Å². The van der Waals surface area contributed by atoms with Gasteiger partial charge in [0.1, 0.15) is 0 Å². The van der Waals surface area contributed by atoms with Gasteiger partial charge in [-0.15, -0.1) is 0 Å². The van der Waals surface area contributed by atoms with Crippen molar-refractivity contribution >= 4 is 5.78 Å². The maximum absolute atomic E-state index is 12.2. The molecule has 1 aromatic carbocycles. The second kappa shape index (κ2) is 6.23. The van der Waals surface area contributed by atoms with Crippen LogP contribution in [0.5, 0.6) is 11.5 Å². The van der Waals surface area contributed by atoms with Gasteiger partial charge in [0.05, 0.1) is 20.4 Å². The van der Waals surface area contributed by atoms with Crippen molar-refractivity contribution in [3.8, 4) is 11.5 Å². The summed E-state index contributed by atoms with van der Waals surface area (Å²) < 4.78 is 12.1. The van der Waals surface area contributed by atoms with Crippen molar-refractivity contribution < 1.29 is 14.3 Å². The van der Waals surface area contributed by atoms with Gasteiger partial charge in [-0.1, -0.05) is 0 Å². The Kier molecular flexibility index (Phi) is 4.40. The van der Waals surface area contributed by atoms with Crippen molar-refractivity contribution in [1.82, 2.24) is 9.78 Å². The first-order chi connectivity index (χ1) is 9.63. The monoisotopic (exact) mass is 274 g/mol. The molecule has 0 saturated carbocycles. The summed E-state index contributed by atoms with van der Waals surface area (Å²) in [7, 11) is 4.99. The molecule has 20 heavy (non-hydrogen) atoms. The molecule has 106 valence electrons. The van der Waals surface area contributed by atoms with E-state index in [9.17, 15) is 4.79 Å². The molecule has 0 amide bonds. The average molecular weight is 274 g/mol. The van der Waals surface area contributed by atoms with Gasteiger partial charge in [-0.05, 0) is 30.2 Å². The molecule has 0 unspecified atom stereocenters. The molecule has 0 N–H and O–H groups in total. The van der Waals surface area contributed by atoms with Crippen LogP contribution in [-0.4, -0.2) is 29.8 Å². The van der Waals surface area contributed by atoms with E-state index in [1.165, 1.54) is 0 Å². The fourth-order valence-electron chi connectivity index (χ4n) is 2.01. The summed E-state index contributed by atoms with van der Waals surface area (Å²) in [4.78, 5) is 12.2. The lowest BCUT2D eigenvalue weighted by Crippen LogP contribution is -2.02. The van der Waals surface area contributed by atoms with Gasteiger partial charge in [-0.3, -0.25) is 9.48 Å². The van der Waals surface area contributed by atoms with Crippen LogP contribution in [0.2, 0.25) is 0 Å². The molecule has 5 nitrogen and oxygen atoms in total. The van der Waals surface area contributed by atoms with E-state index in [-0.39, 0.29) is 5.78 Å². The van der Waals surface area contributed by atoms with Crippen molar-refractivity contribution in [1.29, 1.82) is 0 Å². The minimum Gasteiger partial charge on any atom is -0.493 e. The Labute approximate surface area is 118 Å². The molecule has 1 heterocycles. The molecule has 2 aromatic rings. The first-order valence-corrected chi connectivity index (χ1v) is 6.36. The first kappa shape index (κ1) is 14.1. The molecule has 0 saturated heterocycles. The summed E-state index contributed by atoms with van der Waals surface area (Å²) in [6.07, 6.45) is 4.83. The zero-order chi connectivity index (χ0) is 14.5. The maximum atomic E-state index is 12.2. The number of hydrogen-bond donors (Lipinski definition) is 0. The molecule has 0 spiro atoms. The van der Waals surface area contributed by atoms with E-state index in [4.69, 9.17) is 9.47 Å². The molecule has 0 radical (unpaired) electrons. The predicted molar refractivity (Wildman–Crippen MR) is 75.4 cm³/mol. The van der Waals surface area contributed by atoms with Crippen molar-refractivity contribution in [3.63, 3.8) is 0 Å². The number of nitrogens with zero attached hydrogens (tertiary/aromatic N) is 2. The van der Waals surface area contributed by atoms with Crippen LogP contribution in [0.4, 0.5) is 0 Å². The van der Waals surface area contributed by atoms with Gasteiger partial charge in [0.25, 0.3) is 0 Å². The van der Waals surface area contributed by atoms with Gasteiger partial charge in [0.2, 0.25) is 0 Å². The Hall–Kier alpha value is -2.30. The molecule has 0 aliphatic rings. The number of Topliss-reactive ketones (excluding diaryl/α,β-unsaturated/α-hetero) is 1. The highest BCUT2D eigenvalue weighted by Gasteiger charge is 2.11. The zero-order valence-electron chi connectivity index (χ0n) is 11.9. The number of ether oxygens (including phenoxy) is 2. The van der Waals surface area contributed by atoms with E-state index in [0.29, 0.717) is 29.9 Å². The van der Waals surface area contributed by atoms with Gasteiger partial charge < -0.3 is 9.47 Å². The molecule has 0 atom stereocenters. The molecule has 0 aliphatic heterocycles. The zero-order valence-corrected chi connectivity index (χ0v) is 11.9. The number of rotatable bonds is 6. The van der Waals surface area contributed by atoms with Crippen LogP contribution in [0.3, 0.4) is 0 Å². The number of aromatic nitrogens is 2. The van der Waals surface area contributed by atoms with Gasteiger partial charge in [0.15, 0.2) is 17.3 Å². The summed E-state index contributed by atoms with van der Waals surface area (Å²) in [5.74, 6) is 1.27. The summed E-state index contributed by atoms with van der Waals surface area (Å²) in [6.45, 7) is 0. The second-order valence-corrected chi connectivity index (χ2v) is 4.52. The minimum atomic E-state index is 0.0785. The Morgan fingerprint density at radius 3 is 2.60 bits per heavy atom. The highest BCUT2D eigenvalue weighted by atomic mass is 16.5. The molecular formula is C15H18N2O3. The van der Waals surface area contributed by atoms with Crippen molar-refractivity contribution in [2.45, 2.75) is 12.8 Å². The van der Waals surface area contributed by atoms with Crippen LogP contribution in [0, 0.1) is 0 Å². The van der Waals surface area contributed by atoms with Gasteiger partial charge in [-0.25, -0.2) is 0 Å². The highest BCUT2D eigenvalue weighted by Crippen LogP contribution is 2.28. The van der Waals surface area contributed by atoms with E-state index in [0.717, 1.165) is 5.56 Å². The van der Waals surface area contributed by atoms with Crippen molar-refractivity contribution in [2.75, 3.05) is 14.2 Å². The van der Waals surface area contributed by atoms with E-state index in [1.807, 2.05) is 13.2 Å². The lowest BCUT2D eigenvalue weighted by molar-refractivity contribution is 0.0982. The minimum absolute atomic E-state index is 0.0785. The van der Waals surface area contributed by atoms with Crippen LogP contribution in [0.1, 0.15) is 22.3 Å². The maximum Gasteiger partial charge on any atom is 0.163 e. The predicted octanol–water partition coefficient (Wildman–Crippen LogP) is 2.25. The van der Waals surface area contributed by atoms with E-state index in [2.05, 4.69) is 5.10 Å². The van der Waals surface area contributed by atoms with Gasteiger partial charge in [-0.2, -0.15) is 5.10 Å². The third-order valence-corrected chi connectivity index (χ3v) is 3.10. The van der Waals surface area contributed by atoms with Crippen molar-refractivity contribution in [2.24, 2.45) is 7.05 Å². The van der Waals surface area contributed by atoms with E-state index >= 15 is 0 Å². The molecule has 0 aliphatic carbocycles. The molecule has 1 aromatic heterocycles. The molecule has 5 heteroatoms. The molecule has 2 rings (SSSR count). The SMILES string of the molecule is COc1ccc(C(=O)CCc2cnn(C)c2)cc1OC. The second-order valence-electron chi connectivity index (χ2n) is 4.52. The number of methoxy groups -OCH3 is 2. The Morgan fingerprint density at radius 1 is 1.25 bits per heavy atom.